The molecule has 0 radical (unpaired) electrons. The minimum absolute atomic E-state index is 0.306. The number of aliphatic hydroxyl groups excluding tert-OH is 1. The van der Waals surface area contributed by atoms with Crippen LogP contribution in [-0.4, -0.2) is 23.7 Å². The molecule has 2 N–H and O–H groups in total. The van der Waals surface area contributed by atoms with Gasteiger partial charge in [-0.2, -0.15) is 0 Å². The average Bonchev–Trinajstić information content (AvgIpc) is 1.88. The summed E-state index contributed by atoms with van der Waals surface area (Å²) in [6.45, 7) is 3.41. The zero-order valence-corrected chi connectivity index (χ0v) is 6.14. The van der Waals surface area contributed by atoms with Crippen molar-refractivity contribution < 1.29 is 9.90 Å². The van der Waals surface area contributed by atoms with Gasteiger partial charge >= 0.3 is 0 Å². The molecule has 0 fully saturated rings. The Bertz CT molecular complexity index is 164. The van der Waals surface area contributed by atoms with Crippen LogP contribution in [0.2, 0.25) is 0 Å². The number of rotatable bonds is 2. The fraction of sp³-hybridized carbons (Fsp3) is 0.571. The van der Waals surface area contributed by atoms with E-state index in [1.807, 2.05) is 0 Å². The highest BCUT2D eigenvalue weighted by molar-refractivity contribution is 5.80. The molecule has 0 rings (SSSR count). The first kappa shape index (κ1) is 8.99. The third kappa shape index (κ3) is 3.93. The number of nitrogens with one attached hydrogen (secondary N) is 1. The van der Waals surface area contributed by atoms with Crippen molar-refractivity contribution in [1.82, 2.24) is 5.32 Å². The Morgan fingerprint density at radius 2 is 2.40 bits per heavy atom. The molecule has 3 heteroatoms. The van der Waals surface area contributed by atoms with Crippen LogP contribution in [0.25, 0.3) is 0 Å². The summed E-state index contributed by atoms with van der Waals surface area (Å²) >= 11 is 0. The van der Waals surface area contributed by atoms with Crippen LogP contribution in [0, 0.1) is 11.8 Å². The second-order valence-electron chi connectivity index (χ2n) is 1.82. The summed E-state index contributed by atoms with van der Waals surface area (Å²) in [4.78, 5) is 10.6. The van der Waals surface area contributed by atoms with Crippen molar-refractivity contribution in [1.29, 1.82) is 0 Å². The molecule has 0 aliphatic carbocycles. The van der Waals surface area contributed by atoms with Gasteiger partial charge in [0.05, 0.1) is 6.54 Å². The number of carbonyl (C=O) groups excluding carboxylic acids is 1. The van der Waals surface area contributed by atoms with Crippen molar-refractivity contribution in [2.75, 3.05) is 6.54 Å². The van der Waals surface area contributed by atoms with Gasteiger partial charge in [-0.15, -0.1) is 5.92 Å². The van der Waals surface area contributed by atoms with Crippen LogP contribution in [0.5, 0.6) is 0 Å². The van der Waals surface area contributed by atoms with Crippen molar-refractivity contribution in [3.05, 3.63) is 0 Å². The molecular formula is C7H11NO2. The van der Waals surface area contributed by atoms with Crippen LogP contribution in [0.3, 0.4) is 0 Å². The second-order valence-corrected chi connectivity index (χ2v) is 1.82. The molecule has 0 aromatic heterocycles. The van der Waals surface area contributed by atoms with Crippen LogP contribution >= 0.6 is 0 Å². The van der Waals surface area contributed by atoms with Gasteiger partial charge in [0.25, 0.3) is 0 Å². The zero-order valence-electron chi connectivity index (χ0n) is 6.14. The molecule has 0 saturated heterocycles. The number of hydrogen-bond acceptors (Lipinski definition) is 2. The third-order valence-electron chi connectivity index (χ3n) is 0.907. The Kier molecular flexibility index (Phi) is 4.34. The first-order valence-electron chi connectivity index (χ1n) is 3.04. The highest BCUT2D eigenvalue weighted by atomic mass is 16.3. The normalized spacial score (nSPS) is 11.1. The summed E-state index contributed by atoms with van der Waals surface area (Å²) in [5.74, 6) is 4.87. The summed E-state index contributed by atoms with van der Waals surface area (Å²) in [7, 11) is 0. The minimum Gasteiger partial charge on any atom is -0.384 e. The smallest absolute Gasteiger partial charge is 0.249 e. The topological polar surface area (TPSA) is 49.3 Å². The van der Waals surface area contributed by atoms with Crippen molar-refractivity contribution in [2.24, 2.45) is 0 Å². The molecule has 0 aromatic carbocycles. The molecule has 1 amide bonds. The largest absolute Gasteiger partial charge is 0.384 e. The third-order valence-corrected chi connectivity index (χ3v) is 0.907. The number of aliphatic hydroxyl groups is 1. The predicted octanol–water partition coefficient (Wildman–Crippen LogP) is -0.493. The van der Waals surface area contributed by atoms with Gasteiger partial charge in [0.1, 0.15) is 6.10 Å². The van der Waals surface area contributed by atoms with E-state index in [2.05, 4.69) is 17.2 Å². The van der Waals surface area contributed by atoms with E-state index in [1.54, 1.807) is 6.92 Å². The first-order valence-corrected chi connectivity index (χ1v) is 3.04. The molecule has 56 valence electrons. The summed E-state index contributed by atoms with van der Waals surface area (Å²) in [6.07, 6.45) is -0.946. The molecule has 0 aromatic rings. The van der Waals surface area contributed by atoms with E-state index in [0.717, 1.165) is 0 Å². The van der Waals surface area contributed by atoms with Crippen LogP contribution in [-0.2, 0) is 4.79 Å². The average molecular weight is 141 g/mol. The lowest BCUT2D eigenvalue weighted by Crippen LogP contribution is -2.32. The van der Waals surface area contributed by atoms with E-state index < -0.39 is 6.10 Å². The Labute approximate surface area is 60.4 Å². The molecule has 0 aliphatic heterocycles. The number of carbonyl (C=O) groups is 1. The highest BCUT2D eigenvalue weighted by Gasteiger charge is 2.04. The minimum atomic E-state index is -0.946. The van der Waals surface area contributed by atoms with E-state index in [4.69, 9.17) is 5.11 Å². The van der Waals surface area contributed by atoms with E-state index in [0.29, 0.717) is 6.54 Å². The molecule has 3 nitrogen and oxygen atoms in total. The highest BCUT2D eigenvalue weighted by Crippen LogP contribution is 1.76. The van der Waals surface area contributed by atoms with Crippen LogP contribution in [0.15, 0.2) is 0 Å². The van der Waals surface area contributed by atoms with E-state index in [1.165, 1.54) is 6.92 Å². The maximum atomic E-state index is 10.6. The number of hydrogen-bond donors (Lipinski definition) is 2. The molecule has 0 bridgehead atoms. The quantitative estimate of drug-likeness (QED) is 0.510. The summed E-state index contributed by atoms with van der Waals surface area (Å²) in [5.41, 5.74) is 0. The second kappa shape index (κ2) is 4.83. The van der Waals surface area contributed by atoms with E-state index in [9.17, 15) is 4.79 Å². The van der Waals surface area contributed by atoms with Crippen molar-refractivity contribution in [3.63, 3.8) is 0 Å². The molecule has 0 aliphatic rings. The first-order chi connectivity index (χ1) is 4.68. The number of amides is 1. The van der Waals surface area contributed by atoms with Gasteiger partial charge in [-0.3, -0.25) is 4.79 Å². The molecule has 0 heterocycles. The van der Waals surface area contributed by atoms with Crippen molar-refractivity contribution in [3.8, 4) is 11.8 Å². The fourth-order valence-corrected chi connectivity index (χ4v) is 0.367. The van der Waals surface area contributed by atoms with E-state index in [-0.39, 0.29) is 5.91 Å². The van der Waals surface area contributed by atoms with E-state index >= 15 is 0 Å². The van der Waals surface area contributed by atoms with Gasteiger partial charge in [-0.05, 0) is 13.8 Å². The standard InChI is InChI=1S/C7H11NO2/c1-3-4-5-8-7(10)6(2)9/h6,9H,5H2,1-2H3,(H,8,10)/t6-/m1/s1. The molecule has 0 unspecified atom stereocenters. The Balaban J connectivity index is 3.47. The lowest BCUT2D eigenvalue weighted by Gasteiger charge is -2.01. The summed E-state index contributed by atoms with van der Waals surface area (Å²) in [6, 6.07) is 0. The molecular weight excluding hydrogens is 130 g/mol. The summed E-state index contributed by atoms with van der Waals surface area (Å²) < 4.78 is 0. The van der Waals surface area contributed by atoms with Gasteiger partial charge in [0, 0.05) is 0 Å². The monoisotopic (exact) mass is 141 g/mol. The lowest BCUT2D eigenvalue weighted by molar-refractivity contribution is -0.128. The Hall–Kier alpha value is -1.01. The molecule has 10 heavy (non-hydrogen) atoms. The van der Waals surface area contributed by atoms with Crippen LogP contribution in [0.4, 0.5) is 0 Å². The van der Waals surface area contributed by atoms with Gasteiger partial charge in [-0.1, -0.05) is 5.92 Å². The van der Waals surface area contributed by atoms with Crippen molar-refractivity contribution in [2.45, 2.75) is 20.0 Å². The lowest BCUT2D eigenvalue weighted by atomic mass is 10.4. The van der Waals surface area contributed by atoms with Crippen LogP contribution < -0.4 is 5.32 Å². The predicted molar refractivity (Wildman–Crippen MR) is 38.1 cm³/mol. The van der Waals surface area contributed by atoms with Crippen LogP contribution in [0.1, 0.15) is 13.8 Å². The molecule has 0 saturated carbocycles. The Morgan fingerprint density at radius 1 is 1.80 bits per heavy atom. The van der Waals surface area contributed by atoms with Crippen molar-refractivity contribution >= 4 is 5.91 Å². The zero-order chi connectivity index (χ0) is 7.98. The van der Waals surface area contributed by atoms with Gasteiger partial charge in [-0.25, -0.2) is 0 Å². The summed E-state index contributed by atoms with van der Waals surface area (Å²) in [5, 5.41) is 11.1. The molecule has 0 spiro atoms. The Morgan fingerprint density at radius 3 is 2.80 bits per heavy atom. The maximum Gasteiger partial charge on any atom is 0.249 e. The van der Waals surface area contributed by atoms with Gasteiger partial charge in [0.2, 0.25) is 5.91 Å². The van der Waals surface area contributed by atoms with Gasteiger partial charge < -0.3 is 10.4 Å². The maximum absolute atomic E-state index is 10.6. The fourth-order valence-electron chi connectivity index (χ4n) is 0.367. The molecule has 1 atom stereocenters. The SMILES string of the molecule is CC#CCNC(=O)[C@@H](C)O. The van der Waals surface area contributed by atoms with Gasteiger partial charge in [0.15, 0.2) is 0 Å².